The summed E-state index contributed by atoms with van der Waals surface area (Å²) in [6.07, 6.45) is 0. The minimum atomic E-state index is 0.325. The molecule has 0 unspecified atom stereocenters. The van der Waals surface area contributed by atoms with Gasteiger partial charge in [0.05, 0.1) is 0 Å². The number of aryl methyl sites for hydroxylation is 3. The van der Waals surface area contributed by atoms with Gasteiger partial charge in [0.1, 0.15) is 0 Å². The number of hydrogen-bond donors (Lipinski definition) is 1. The highest BCUT2D eigenvalue weighted by molar-refractivity contribution is 9.10. The zero-order chi connectivity index (χ0) is 14.7. The van der Waals surface area contributed by atoms with Crippen LogP contribution in [0, 0.1) is 20.8 Å². The van der Waals surface area contributed by atoms with Gasteiger partial charge in [0, 0.05) is 17.1 Å². The molecule has 2 rings (SSSR count). The quantitative estimate of drug-likeness (QED) is 0.809. The molecular weight excluding hydrogens is 310 g/mol. The molecule has 0 spiro atoms. The fourth-order valence-electron chi connectivity index (χ4n) is 2.68. The van der Waals surface area contributed by atoms with Gasteiger partial charge in [-0.25, -0.2) is 0 Å². The Balaban J connectivity index is 2.12. The lowest BCUT2D eigenvalue weighted by Crippen LogP contribution is -2.19. The van der Waals surface area contributed by atoms with Crippen LogP contribution in [-0.2, 0) is 6.54 Å². The Morgan fingerprint density at radius 2 is 1.65 bits per heavy atom. The molecule has 2 aromatic carbocycles. The summed E-state index contributed by atoms with van der Waals surface area (Å²) in [6.45, 7) is 9.65. The summed E-state index contributed by atoms with van der Waals surface area (Å²) in [5.74, 6) is 0. The molecule has 0 saturated carbocycles. The monoisotopic (exact) mass is 331 g/mol. The van der Waals surface area contributed by atoms with E-state index in [1.54, 1.807) is 0 Å². The van der Waals surface area contributed by atoms with E-state index in [1.165, 1.54) is 27.8 Å². The van der Waals surface area contributed by atoms with E-state index in [2.05, 4.69) is 85.3 Å². The van der Waals surface area contributed by atoms with Gasteiger partial charge in [-0.05, 0) is 56.0 Å². The summed E-state index contributed by atoms with van der Waals surface area (Å²) in [5.41, 5.74) is 6.79. The maximum absolute atomic E-state index is 3.63. The average Bonchev–Trinajstić information content (AvgIpc) is 2.37. The van der Waals surface area contributed by atoms with Crippen molar-refractivity contribution in [1.82, 2.24) is 5.32 Å². The smallest absolute Gasteiger partial charge is 0.0306 e. The molecule has 0 heterocycles. The third-order valence-corrected chi connectivity index (χ3v) is 4.52. The van der Waals surface area contributed by atoms with Crippen molar-refractivity contribution in [2.75, 3.05) is 0 Å². The molecule has 20 heavy (non-hydrogen) atoms. The average molecular weight is 332 g/mol. The molecule has 0 radical (unpaired) electrons. The van der Waals surface area contributed by atoms with E-state index in [0.717, 1.165) is 11.0 Å². The lowest BCUT2D eigenvalue weighted by molar-refractivity contribution is 0.570. The lowest BCUT2D eigenvalue weighted by atomic mass is 9.99. The number of rotatable bonds is 4. The second-order valence-electron chi connectivity index (χ2n) is 5.50. The molecule has 0 aliphatic carbocycles. The van der Waals surface area contributed by atoms with Crippen LogP contribution in [-0.4, -0.2) is 0 Å². The number of halogens is 1. The first-order chi connectivity index (χ1) is 9.49. The molecule has 0 fully saturated rings. The fraction of sp³-hybridized carbons (Fsp3) is 0.333. The molecule has 0 amide bonds. The topological polar surface area (TPSA) is 12.0 Å². The van der Waals surface area contributed by atoms with Crippen LogP contribution in [0.2, 0.25) is 0 Å². The van der Waals surface area contributed by atoms with Crippen LogP contribution in [0.5, 0.6) is 0 Å². The molecular formula is C18H22BrN. The van der Waals surface area contributed by atoms with Crippen molar-refractivity contribution in [3.63, 3.8) is 0 Å². The highest BCUT2D eigenvalue weighted by atomic mass is 79.9. The van der Waals surface area contributed by atoms with E-state index in [9.17, 15) is 0 Å². The van der Waals surface area contributed by atoms with Crippen LogP contribution in [0.3, 0.4) is 0 Å². The van der Waals surface area contributed by atoms with E-state index in [4.69, 9.17) is 0 Å². The van der Waals surface area contributed by atoms with Crippen molar-refractivity contribution in [2.24, 2.45) is 0 Å². The predicted molar refractivity (Wildman–Crippen MR) is 90.0 cm³/mol. The Morgan fingerprint density at radius 3 is 2.25 bits per heavy atom. The Bertz CT molecular complexity index is 581. The van der Waals surface area contributed by atoms with Crippen LogP contribution >= 0.6 is 15.9 Å². The van der Waals surface area contributed by atoms with Gasteiger partial charge < -0.3 is 5.32 Å². The van der Waals surface area contributed by atoms with E-state index in [1.807, 2.05) is 0 Å². The summed E-state index contributed by atoms with van der Waals surface area (Å²) in [5, 5.41) is 3.63. The van der Waals surface area contributed by atoms with E-state index in [-0.39, 0.29) is 0 Å². The molecule has 2 aromatic rings. The van der Waals surface area contributed by atoms with Crippen molar-refractivity contribution in [1.29, 1.82) is 0 Å². The highest BCUT2D eigenvalue weighted by Crippen LogP contribution is 2.24. The third kappa shape index (κ3) is 3.50. The molecule has 106 valence electrons. The van der Waals surface area contributed by atoms with Gasteiger partial charge in [-0.15, -0.1) is 0 Å². The first-order valence-electron chi connectivity index (χ1n) is 7.03. The van der Waals surface area contributed by atoms with Crippen LogP contribution in [0.1, 0.15) is 40.8 Å². The fourth-order valence-corrected chi connectivity index (χ4v) is 3.31. The third-order valence-electron chi connectivity index (χ3n) is 3.80. The van der Waals surface area contributed by atoms with E-state index in [0.29, 0.717) is 6.04 Å². The number of hydrogen-bond acceptors (Lipinski definition) is 1. The summed E-state index contributed by atoms with van der Waals surface area (Å²) >= 11 is 3.62. The summed E-state index contributed by atoms with van der Waals surface area (Å²) in [6, 6.07) is 13.2. The second-order valence-corrected chi connectivity index (χ2v) is 6.36. The SMILES string of the molecule is Cc1cc(C)c(CN[C@H](C)c2ccccc2Br)c(C)c1. The van der Waals surface area contributed by atoms with Gasteiger partial charge in [0.25, 0.3) is 0 Å². The van der Waals surface area contributed by atoms with Gasteiger partial charge in [0.15, 0.2) is 0 Å². The minimum absolute atomic E-state index is 0.325. The van der Waals surface area contributed by atoms with Gasteiger partial charge >= 0.3 is 0 Å². The normalized spacial score (nSPS) is 12.4. The molecule has 1 N–H and O–H groups in total. The largest absolute Gasteiger partial charge is 0.306 e. The Morgan fingerprint density at radius 1 is 1.05 bits per heavy atom. The Hall–Kier alpha value is -1.12. The van der Waals surface area contributed by atoms with Crippen LogP contribution < -0.4 is 5.32 Å². The van der Waals surface area contributed by atoms with Crippen molar-refractivity contribution in [2.45, 2.75) is 40.3 Å². The summed E-state index contributed by atoms with van der Waals surface area (Å²) in [4.78, 5) is 0. The van der Waals surface area contributed by atoms with E-state index >= 15 is 0 Å². The van der Waals surface area contributed by atoms with Crippen LogP contribution in [0.15, 0.2) is 40.9 Å². The molecule has 0 aliphatic rings. The summed E-state index contributed by atoms with van der Waals surface area (Å²) in [7, 11) is 0. The van der Waals surface area contributed by atoms with Crippen molar-refractivity contribution in [3.8, 4) is 0 Å². The van der Waals surface area contributed by atoms with Gasteiger partial charge in [-0.2, -0.15) is 0 Å². The maximum Gasteiger partial charge on any atom is 0.0306 e. The molecule has 0 bridgehead atoms. The maximum atomic E-state index is 3.63. The van der Waals surface area contributed by atoms with Crippen molar-refractivity contribution in [3.05, 3.63) is 68.7 Å². The summed E-state index contributed by atoms with van der Waals surface area (Å²) < 4.78 is 1.16. The van der Waals surface area contributed by atoms with Crippen molar-refractivity contribution >= 4 is 15.9 Å². The van der Waals surface area contributed by atoms with Gasteiger partial charge in [-0.1, -0.05) is 51.8 Å². The van der Waals surface area contributed by atoms with Gasteiger partial charge in [-0.3, -0.25) is 0 Å². The van der Waals surface area contributed by atoms with E-state index < -0.39 is 0 Å². The molecule has 0 saturated heterocycles. The highest BCUT2D eigenvalue weighted by Gasteiger charge is 2.10. The van der Waals surface area contributed by atoms with Gasteiger partial charge in [0.2, 0.25) is 0 Å². The molecule has 0 aromatic heterocycles. The van der Waals surface area contributed by atoms with Crippen molar-refractivity contribution < 1.29 is 0 Å². The first kappa shape index (κ1) is 15.3. The van der Waals surface area contributed by atoms with Crippen LogP contribution in [0.25, 0.3) is 0 Å². The van der Waals surface area contributed by atoms with Crippen LogP contribution in [0.4, 0.5) is 0 Å². The molecule has 1 atom stereocenters. The number of nitrogens with one attached hydrogen (secondary N) is 1. The Labute approximate surface area is 130 Å². The zero-order valence-electron chi connectivity index (χ0n) is 12.6. The first-order valence-corrected chi connectivity index (χ1v) is 7.83. The minimum Gasteiger partial charge on any atom is -0.306 e. The second kappa shape index (κ2) is 6.55. The zero-order valence-corrected chi connectivity index (χ0v) is 14.2. The molecule has 2 heteroatoms. The predicted octanol–water partition coefficient (Wildman–Crippen LogP) is 5.23. The number of benzene rings is 2. The Kier molecular flexibility index (Phi) is 5.00. The standard InChI is InChI=1S/C18H22BrN/c1-12-9-13(2)17(14(3)10-12)11-20-15(4)16-7-5-6-8-18(16)19/h5-10,15,20H,11H2,1-4H3/t15-/m1/s1. The molecule has 0 aliphatic heterocycles. The lowest BCUT2D eigenvalue weighted by Gasteiger charge is -2.18. The molecule has 1 nitrogen and oxygen atoms in total.